The first-order valence-corrected chi connectivity index (χ1v) is 3.37. The standard InChI is InChI=1S/C7H3BrNO/c8-6-3-1-2-4-7(6)9-5-10/h2-4H. The average molecular weight is 197 g/mol. The molecule has 0 aliphatic heterocycles. The van der Waals surface area contributed by atoms with Crippen LogP contribution in [0.3, 0.4) is 0 Å². The number of rotatable bonds is 1. The van der Waals surface area contributed by atoms with Gasteiger partial charge in [0, 0.05) is 4.47 Å². The van der Waals surface area contributed by atoms with Gasteiger partial charge in [-0.25, -0.2) is 4.79 Å². The van der Waals surface area contributed by atoms with Crippen LogP contribution in [0.5, 0.6) is 0 Å². The molecule has 1 radical (unpaired) electrons. The predicted molar refractivity (Wildman–Crippen MR) is 40.8 cm³/mol. The predicted octanol–water partition coefficient (Wildman–Crippen LogP) is 2.22. The third-order valence-electron chi connectivity index (χ3n) is 0.958. The number of halogens is 1. The molecule has 0 aliphatic rings. The van der Waals surface area contributed by atoms with Crippen LogP contribution >= 0.6 is 15.9 Å². The number of aliphatic imine (C=N–C) groups is 1. The van der Waals surface area contributed by atoms with Crippen molar-refractivity contribution >= 4 is 27.7 Å². The molecule has 0 bridgehead atoms. The minimum atomic E-state index is 0.578. The second-order valence-corrected chi connectivity index (χ2v) is 2.43. The maximum absolute atomic E-state index is 9.80. The van der Waals surface area contributed by atoms with Crippen molar-refractivity contribution < 1.29 is 4.79 Å². The monoisotopic (exact) mass is 196 g/mol. The summed E-state index contributed by atoms with van der Waals surface area (Å²) in [5.74, 6) is 0. The number of hydrogen-bond acceptors (Lipinski definition) is 2. The van der Waals surface area contributed by atoms with Gasteiger partial charge in [0.05, 0.1) is 5.69 Å². The van der Waals surface area contributed by atoms with Gasteiger partial charge in [-0.3, -0.25) is 0 Å². The highest BCUT2D eigenvalue weighted by Crippen LogP contribution is 2.22. The van der Waals surface area contributed by atoms with Gasteiger partial charge in [0.25, 0.3) is 0 Å². The van der Waals surface area contributed by atoms with Crippen molar-refractivity contribution in [3.63, 3.8) is 0 Å². The van der Waals surface area contributed by atoms with E-state index in [-0.39, 0.29) is 0 Å². The van der Waals surface area contributed by atoms with E-state index in [2.05, 4.69) is 27.0 Å². The fraction of sp³-hybridized carbons (Fsp3) is 0. The molecule has 1 rings (SSSR count). The van der Waals surface area contributed by atoms with Crippen LogP contribution in [-0.4, -0.2) is 6.08 Å². The number of isocyanates is 1. The van der Waals surface area contributed by atoms with E-state index in [0.717, 1.165) is 4.47 Å². The van der Waals surface area contributed by atoms with Crippen LogP contribution in [0.4, 0.5) is 5.69 Å². The molecule has 1 aromatic rings. The zero-order valence-corrected chi connectivity index (χ0v) is 6.55. The number of benzene rings is 1. The van der Waals surface area contributed by atoms with E-state index >= 15 is 0 Å². The largest absolute Gasteiger partial charge is 0.240 e. The van der Waals surface area contributed by atoms with Crippen molar-refractivity contribution in [3.8, 4) is 0 Å². The van der Waals surface area contributed by atoms with Gasteiger partial charge in [-0.15, -0.1) is 0 Å². The fourth-order valence-corrected chi connectivity index (χ4v) is 0.895. The van der Waals surface area contributed by atoms with Crippen LogP contribution in [0.1, 0.15) is 0 Å². The van der Waals surface area contributed by atoms with Crippen molar-refractivity contribution in [1.82, 2.24) is 0 Å². The molecule has 1 aromatic carbocycles. The van der Waals surface area contributed by atoms with Crippen LogP contribution in [-0.2, 0) is 4.79 Å². The molecule has 0 aromatic heterocycles. The summed E-state index contributed by atoms with van der Waals surface area (Å²) in [5.41, 5.74) is 0.578. The van der Waals surface area contributed by atoms with Gasteiger partial charge in [0.1, 0.15) is 0 Å². The molecular weight excluding hydrogens is 194 g/mol. The van der Waals surface area contributed by atoms with Gasteiger partial charge < -0.3 is 0 Å². The van der Waals surface area contributed by atoms with Gasteiger partial charge >= 0.3 is 0 Å². The summed E-state index contributed by atoms with van der Waals surface area (Å²) in [4.78, 5) is 13.2. The molecule has 10 heavy (non-hydrogen) atoms. The zero-order valence-electron chi connectivity index (χ0n) is 4.97. The lowest BCUT2D eigenvalue weighted by Crippen LogP contribution is -1.65. The summed E-state index contributed by atoms with van der Waals surface area (Å²) in [6, 6.07) is 7.87. The second-order valence-electron chi connectivity index (χ2n) is 1.58. The first kappa shape index (κ1) is 7.19. The number of carbonyl (C=O) groups excluding carboxylic acids is 1. The Morgan fingerprint density at radius 3 is 3.10 bits per heavy atom. The van der Waals surface area contributed by atoms with E-state index in [1.54, 1.807) is 18.2 Å². The third-order valence-corrected chi connectivity index (χ3v) is 1.59. The molecule has 0 aliphatic carbocycles. The Hall–Kier alpha value is -0.920. The van der Waals surface area contributed by atoms with Crippen LogP contribution in [0, 0.1) is 6.07 Å². The lowest BCUT2D eigenvalue weighted by molar-refractivity contribution is 0.565. The molecule has 2 nitrogen and oxygen atoms in total. The minimum absolute atomic E-state index is 0.578. The third kappa shape index (κ3) is 1.53. The highest BCUT2D eigenvalue weighted by molar-refractivity contribution is 9.10. The van der Waals surface area contributed by atoms with E-state index in [9.17, 15) is 4.79 Å². The topological polar surface area (TPSA) is 29.4 Å². The van der Waals surface area contributed by atoms with Gasteiger partial charge in [0.2, 0.25) is 6.08 Å². The first-order chi connectivity index (χ1) is 4.84. The molecule has 0 fully saturated rings. The van der Waals surface area contributed by atoms with Crippen LogP contribution in [0.15, 0.2) is 27.7 Å². The van der Waals surface area contributed by atoms with Crippen molar-refractivity contribution in [2.45, 2.75) is 0 Å². The summed E-state index contributed by atoms with van der Waals surface area (Å²) in [5, 5.41) is 0. The highest BCUT2D eigenvalue weighted by Gasteiger charge is 1.92. The Kier molecular flexibility index (Phi) is 2.37. The maximum atomic E-state index is 9.80. The maximum Gasteiger partial charge on any atom is 0.240 e. The summed E-state index contributed by atoms with van der Waals surface area (Å²) < 4.78 is 0.748. The number of hydrogen-bond donors (Lipinski definition) is 0. The number of nitrogens with zero attached hydrogens (tertiary/aromatic N) is 1. The van der Waals surface area contributed by atoms with E-state index in [0.29, 0.717) is 5.69 Å². The van der Waals surface area contributed by atoms with E-state index in [1.165, 1.54) is 6.08 Å². The summed E-state index contributed by atoms with van der Waals surface area (Å²) >= 11 is 3.19. The van der Waals surface area contributed by atoms with Gasteiger partial charge in [0.15, 0.2) is 0 Å². The molecule has 0 heterocycles. The van der Waals surface area contributed by atoms with Crippen molar-refractivity contribution in [2.75, 3.05) is 0 Å². The normalized spacial score (nSPS) is 8.50. The van der Waals surface area contributed by atoms with Crippen LogP contribution in [0.2, 0.25) is 0 Å². The van der Waals surface area contributed by atoms with Gasteiger partial charge in [-0.05, 0) is 34.1 Å². The quantitative estimate of drug-likeness (QED) is 0.501. The van der Waals surface area contributed by atoms with Crippen molar-refractivity contribution in [1.29, 1.82) is 0 Å². The Morgan fingerprint density at radius 1 is 1.70 bits per heavy atom. The Labute approximate surface area is 66.7 Å². The molecule has 3 heteroatoms. The summed E-state index contributed by atoms with van der Waals surface area (Å²) in [7, 11) is 0. The molecule has 0 atom stereocenters. The minimum Gasteiger partial charge on any atom is -0.211 e. The van der Waals surface area contributed by atoms with Crippen molar-refractivity contribution in [2.24, 2.45) is 4.99 Å². The molecule has 49 valence electrons. The van der Waals surface area contributed by atoms with E-state index in [1.807, 2.05) is 0 Å². The molecule has 0 unspecified atom stereocenters. The highest BCUT2D eigenvalue weighted by atomic mass is 79.9. The van der Waals surface area contributed by atoms with E-state index < -0.39 is 0 Å². The van der Waals surface area contributed by atoms with Crippen LogP contribution in [0.25, 0.3) is 0 Å². The lowest BCUT2D eigenvalue weighted by atomic mass is 10.3. The summed E-state index contributed by atoms with van der Waals surface area (Å²) in [6.07, 6.45) is 1.46. The Bertz CT molecular complexity index is 279. The Morgan fingerprint density at radius 2 is 2.50 bits per heavy atom. The van der Waals surface area contributed by atoms with Gasteiger partial charge in [-0.2, -0.15) is 4.99 Å². The Balaban J connectivity index is 3.14. The SMILES string of the molecule is O=C=Nc1cc[c]cc1Br. The molecule has 0 saturated carbocycles. The zero-order chi connectivity index (χ0) is 7.40. The van der Waals surface area contributed by atoms with Crippen LogP contribution < -0.4 is 0 Å². The fourth-order valence-electron chi connectivity index (χ4n) is 0.542. The van der Waals surface area contributed by atoms with Gasteiger partial charge in [-0.1, -0.05) is 6.07 Å². The average Bonchev–Trinajstić information content (AvgIpc) is 1.94. The molecule has 0 N–H and O–H groups in total. The molecule has 0 saturated heterocycles. The first-order valence-electron chi connectivity index (χ1n) is 2.58. The smallest absolute Gasteiger partial charge is 0.211 e. The second kappa shape index (κ2) is 3.30. The lowest BCUT2D eigenvalue weighted by Gasteiger charge is -1.90. The molecule has 0 amide bonds. The van der Waals surface area contributed by atoms with Crippen molar-refractivity contribution in [3.05, 3.63) is 28.7 Å². The molecular formula is C7H3BrNO. The summed E-state index contributed by atoms with van der Waals surface area (Å²) in [6.45, 7) is 0. The molecule has 0 spiro atoms. The van der Waals surface area contributed by atoms with E-state index in [4.69, 9.17) is 0 Å².